The number of nitrogens with one attached hydrogen (secondary N) is 3. The standard InChI is InChI=1S/3C6H6.3CHNO.3CH4/c3*1-2-4-6-5-3-1;3*2-1-3;;;/h3*1-6H;3*2H;3*1H4. The van der Waals surface area contributed by atoms with E-state index in [4.69, 9.17) is 30.6 Å². The van der Waals surface area contributed by atoms with E-state index in [0.717, 1.165) is 18.2 Å². The van der Waals surface area contributed by atoms with E-state index in [-0.39, 0.29) is 22.3 Å². The van der Waals surface area contributed by atoms with Crippen LogP contribution in [0.2, 0.25) is 0 Å². The first-order valence-electron chi connectivity index (χ1n) is 7.36. The van der Waals surface area contributed by atoms with Gasteiger partial charge in [0.15, 0.2) is 0 Å². The summed E-state index contributed by atoms with van der Waals surface area (Å²) in [6.45, 7) is 0. The van der Waals surface area contributed by atoms with E-state index in [0.29, 0.717) is 0 Å². The summed E-state index contributed by atoms with van der Waals surface area (Å²) in [6, 6.07) is 36.0. The molecule has 3 rings (SSSR count). The Balaban J connectivity index is -0.0000000583. The first kappa shape index (κ1) is 40.5. The summed E-state index contributed by atoms with van der Waals surface area (Å²) in [7, 11) is 0. The number of isocyanates is 3. The van der Waals surface area contributed by atoms with Gasteiger partial charge in [-0.25, -0.2) is 30.6 Å². The Morgan fingerprint density at radius 3 is 0.367 bits per heavy atom. The summed E-state index contributed by atoms with van der Waals surface area (Å²) >= 11 is 0. The zero-order chi connectivity index (χ0) is 20.8. The van der Waals surface area contributed by atoms with E-state index < -0.39 is 0 Å². The number of carbonyl (C=O) groups excluding carboxylic acids is 3. The molecule has 3 aromatic rings. The van der Waals surface area contributed by atoms with Gasteiger partial charge in [-0.15, -0.1) is 0 Å². The summed E-state index contributed by atoms with van der Waals surface area (Å²) in [4.78, 5) is 25.0. The first-order valence-corrected chi connectivity index (χ1v) is 7.36. The molecule has 30 heavy (non-hydrogen) atoms. The van der Waals surface area contributed by atoms with E-state index in [2.05, 4.69) is 0 Å². The molecule has 0 atom stereocenters. The van der Waals surface area contributed by atoms with Crippen molar-refractivity contribution in [1.29, 1.82) is 16.2 Å². The van der Waals surface area contributed by atoms with E-state index >= 15 is 0 Å². The summed E-state index contributed by atoms with van der Waals surface area (Å²) in [5.74, 6) is 0. The molecular formula is C24H33N3O3. The zero-order valence-electron chi connectivity index (χ0n) is 14.6. The molecule has 6 nitrogen and oxygen atoms in total. The van der Waals surface area contributed by atoms with Crippen LogP contribution in [0.25, 0.3) is 0 Å². The van der Waals surface area contributed by atoms with E-state index in [9.17, 15) is 0 Å². The maximum atomic E-state index is 8.35. The van der Waals surface area contributed by atoms with Crippen molar-refractivity contribution in [2.24, 2.45) is 0 Å². The summed E-state index contributed by atoms with van der Waals surface area (Å²) in [5, 5.41) is 16.2. The van der Waals surface area contributed by atoms with Crippen LogP contribution in [0.15, 0.2) is 109 Å². The van der Waals surface area contributed by atoms with Crippen molar-refractivity contribution >= 4 is 18.2 Å². The highest BCUT2D eigenvalue weighted by molar-refractivity contribution is 5.26. The molecule has 0 heterocycles. The third-order valence-corrected chi connectivity index (χ3v) is 2.00. The van der Waals surface area contributed by atoms with Crippen LogP contribution in [0.4, 0.5) is 0 Å². The van der Waals surface area contributed by atoms with Gasteiger partial charge in [-0.2, -0.15) is 0 Å². The molecule has 0 aliphatic heterocycles. The van der Waals surface area contributed by atoms with Crippen LogP contribution in [-0.2, 0) is 14.4 Å². The van der Waals surface area contributed by atoms with Gasteiger partial charge in [0, 0.05) is 0 Å². The van der Waals surface area contributed by atoms with Gasteiger partial charge in [0.2, 0.25) is 18.2 Å². The highest BCUT2D eigenvalue weighted by Gasteiger charge is 1.59. The van der Waals surface area contributed by atoms with Crippen molar-refractivity contribution in [2.75, 3.05) is 0 Å². The van der Waals surface area contributed by atoms with Crippen LogP contribution >= 0.6 is 0 Å². The molecule has 0 aliphatic carbocycles. The second-order valence-electron chi connectivity index (χ2n) is 3.77. The number of benzene rings is 3. The minimum absolute atomic E-state index is 0. The van der Waals surface area contributed by atoms with Crippen molar-refractivity contribution < 1.29 is 14.4 Å². The lowest BCUT2D eigenvalue weighted by atomic mass is 10.4. The zero-order valence-corrected chi connectivity index (χ0v) is 14.6. The Hall–Kier alpha value is -4.20. The molecule has 0 spiro atoms. The van der Waals surface area contributed by atoms with Crippen LogP contribution < -0.4 is 0 Å². The molecule has 3 aromatic carbocycles. The smallest absolute Gasteiger partial charge is 0.222 e. The van der Waals surface area contributed by atoms with Crippen LogP contribution in [0.3, 0.4) is 0 Å². The topological polar surface area (TPSA) is 123 Å². The molecule has 0 saturated heterocycles. The summed E-state index contributed by atoms with van der Waals surface area (Å²) in [5.41, 5.74) is 0. The van der Waals surface area contributed by atoms with Crippen LogP contribution in [0.1, 0.15) is 22.3 Å². The molecule has 3 N–H and O–H groups in total. The third-order valence-electron chi connectivity index (χ3n) is 2.00. The third kappa shape index (κ3) is 65.0. The average molecular weight is 412 g/mol. The van der Waals surface area contributed by atoms with Crippen LogP contribution in [0, 0.1) is 16.2 Å². The number of rotatable bonds is 0. The SMILES string of the molecule is C.C.C.N=C=O.N=C=O.N=C=O.c1ccccc1.c1ccccc1.c1ccccc1. The van der Waals surface area contributed by atoms with E-state index in [1.54, 1.807) is 0 Å². The molecule has 0 bridgehead atoms. The lowest BCUT2D eigenvalue weighted by Gasteiger charge is -1.69. The molecule has 162 valence electrons. The summed E-state index contributed by atoms with van der Waals surface area (Å²) < 4.78 is 0. The van der Waals surface area contributed by atoms with Crippen molar-refractivity contribution in [1.82, 2.24) is 0 Å². The molecule has 0 amide bonds. The largest absolute Gasteiger partial charge is 0.231 e. The maximum Gasteiger partial charge on any atom is 0.231 e. The van der Waals surface area contributed by atoms with Gasteiger partial charge in [0.05, 0.1) is 0 Å². The first-order chi connectivity index (χ1) is 13.2. The average Bonchev–Trinajstić information content (AvgIpc) is 2.75. The summed E-state index contributed by atoms with van der Waals surface area (Å²) in [6.07, 6.45) is 2.25. The fourth-order valence-corrected chi connectivity index (χ4v) is 1.15. The molecule has 0 aliphatic rings. The monoisotopic (exact) mass is 411 g/mol. The Kier molecular flexibility index (Phi) is 67.2. The Morgan fingerprint density at radius 1 is 0.300 bits per heavy atom. The minimum atomic E-state index is 0. The Morgan fingerprint density at radius 2 is 0.333 bits per heavy atom. The Bertz CT molecular complexity index is 521. The maximum absolute atomic E-state index is 8.35. The lowest BCUT2D eigenvalue weighted by molar-refractivity contribution is 0.562. The second-order valence-corrected chi connectivity index (χ2v) is 3.77. The molecule has 0 radical (unpaired) electrons. The predicted molar refractivity (Wildman–Crippen MR) is 125 cm³/mol. The molecule has 0 fully saturated rings. The number of hydrogen-bond acceptors (Lipinski definition) is 6. The van der Waals surface area contributed by atoms with Gasteiger partial charge in [-0.3, -0.25) is 0 Å². The van der Waals surface area contributed by atoms with Gasteiger partial charge in [0.1, 0.15) is 0 Å². The van der Waals surface area contributed by atoms with Crippen molar-refractivity contribution in [3.05, 3.63) is 109 Å². The fourth-order valence-electron chi connectivity index (χ4n) is 1.15. The lowest BCUT2D eigenvalue weighted by Crippen LogP contribution is -1.47. The Labute approximate surface area is 180 Å². The highest BCUT2D eigenvalue weighted by atomic mass is 16.1. The molecule has 6 heteroatoms. The van der Waals surface area contributed by atoms with Crippen molar-refractivity contribution in [3.8, 4) is 0 Å². The highest BCUT2D eigenvalue weighted by Crippen LogP contribution is 1.81. The molecular weight excluding hydrogens is 378 g/mol. The van der Waals surface area contributed by atoms with Gasteiger partial charge in [-0.1, -0.05) is 131 Å². The predicted octanol–water partition coefficient (Wildman–Crippen LogP) is 6.67. The molecule has 0 aromatic heterocycles. The van der Waals surface area contributed by atoms with E-state index in [1.807, 2.05) is 109 Å². The van der Waals surface area contributed by atoms with Gasteiger partial charge in [-0.05, 0) is 0 Å². The molecule has 0 saturated carbocycles. The van der Waals surface area contributed by atoms with Crippen molar-refractivity contribution in [2.45, 2.75) is 22.3 Å². The molecule has 0 unspecified atom stereocenters. The number of hydrogen-bond donors (Lipinski definition) is 3. The van der Waals surface area contributed by atoms with Crippen molar-refractivity contribution in [3.63, 3.8) is 0 Å². The van der Waals surface area contributed by atoms with Gasteiger partial charge in [0.25, 0.3) is 0 Å². The van der Waals surface area contributed by atoms with E-state index in [1.165, 1.54) is 0 Å². The van der Waals surface area contributed by atoms with Gasteiger partial charge >= 0.3 is 0 Å². The normalized spacial score (nSPS) is 5.60. The quantitative estimate of drug-likeness (QED) is 0.282. The van der Waals surface area contributed by atoms with Gasteiger partial charge < -0.3 is 0 Å². The second kappa shape index (κ2) is 49.8. The van der Waals surface area contributed by atoms with Crippen LogP contribution in [0.5, 0.6) is 0 Å². The fraction of sp³-hybridized carbons (Fsp3) is 0.125. The van der Waals surface area contributed by atoms with Crippen LogP contribution in [-0.4, -0.2) is 18.2 Å². The minimum Gasteiger partial charge on any atom is -0.222 e.